The monoisotopic (exact) mass is 276 g/mol. The van der Waals surface area contributed by atoms with Gasteiger partial charge in [-0.25, -0.2) is 0 Å². The van der Waals surface area contributed by atoms with Crippen LogP contribution < -0.4 is 9.47 Å². The summed E-state index contributed by atoms with van der Waals surface area (Å²) < 4.78 is 10.4. The fourth-order valence-corrected chi connectivity index (χ4v) is 2.07. The predicted octanol–water partition coefficient (Wildman–Crippen LogP) is 3.84. The molecule has 2 aromatic carbocycles. The van der Waals surface area contributed by atoms with Crippen LogP contribution in [0.3, 0.4) is 0 Å². The third-order valence-corrected chi connectivity index (χ3v) is 3.15. The average Bonchev–Trinajstić information content (AvgIpc) is 2.47. The highest BCUT2D eigenvalue weighted by Gasteiger charge is 2.09. The molecule has 2 rings (SSSR count). The Morgan fingerprint density at radius 3 is 2.37 bits per heavy atom. The van der Waals surface area contributed by atoms with Gasteiger partial charge in [-0.05, 0) is 29.8 Å². The molecule has 4 heteroatoms. The number of carbonyl (C=O) groups excluding carboxylic acids is 1. The summed E-state index contributed by atoms with van der Waals surface area (Å²) in [6, 6.07) is 10.6. The van der Waals surface area contributed by atoms with Gasteiger partial charge in [0, 0.05) is 16.1 Å². The molecule has 0 aliphatic heterocycles. The van der Waals surface area contributed by atoms with Crippen molar-refractivity contribution in [1.82, 2.24) is 0 Å². The van der Waals surface area contributed by atoms with Crippen LogP contribution in [0.15, 0.2) is 36.4 Å². The molecule has 19 heavy (non-hydrogen) atoms. The van der Waals surface area contributed by atoms with E-state index >= 15 is 0 Å². The summed E-state index contributed by atoms with van der Waals surface area (Å²) in [5, 5.41) is 0.581. The van der Waals surface area contributed by atoms with Crippen molar-refractivity contribution in [1.29, 1.82) is 0 Å². The molecule has 0 aliphatic rings. The molecule has 0 unspecified atom stereocenters. The molecule has 0 atom stereocenters. The Labute approximate surface area is 116 Å². The van der Waals surface area contributed by atoms with Crippen molar-refractivity contribution >= 4 is 17.9 Å². The minimum Gasteiger partial charge on any atom is -0.493 e. The number of methoxy groups -OCH3 is 2. The van der Waals surface area contributed by atoms with Crippen molar-refractivity contribution in [3.63, 3.8) is 0 Å². The summed E-state index contributed by atoms with van der Waals surface area (Å²) in [6.07, 6.45) is 0.792. The fourth-order valence-electron chi connectivity index (χ4n) is 1.84. The molecule has 0 heterocycles. The van der Waals surface area contributed by atoms with E-state index in [-0.39, 0.29) is 0 Å². The standard InChI is InChI=1S/C15H13ClO3/c1-18-14-6-4-11(8-15(14)19-2)12-7-10(9-17)3-5-13(12)16/h3-9H,1-2H3. The zero-order valence-corrected chi connectivity index (χ0v) is 11.4. The molecule has 0 amide bonds. The molecule has 3 nitrogen and oxygen atoms in total. The number of halogens is 1. The third-order valence-electron chi connectivity index (χ3n) is 2.82. The second-order valence-electron chi connectivity index (χ2n) is 3.93. The van der Waals surface area contributed by atoms with E-state index in [2.05, 4.69) is 0 Å². The number of benzene rings is 2. The van der Waals surface area contributed by atoms with Crippen LogP contribution in [0.2, 0.25) is 5.02 Å². The summed E-state index contributed by atoms with van der Waals surface area (Å²) in [4.78, 5) is 10.8. The fraction of sp³-hybridized carbons (Fsp3) is 0.133. The van der Waals surface area contributed by atoms with E-state index in [1.165, 1.54) is 0 Å². The minimum atomic E-state index is 0.578. The maximum absolute atomic E-state index is 10.8. The summed E-state index contributed by atoms with van der Waals surface area (Å²) >= 11 is 6.17. The Kier molecular flexibility index (Phi) is 4.07. The van der Waals surface area contributed by atoms with Crippen LogP contribution in [0.1, 0.15) is 10.4 Å². The second-order valence-corrected chi connectivity index (χ2v) is 4.33. The molecule has 0 saturated carbocycles. The first kappa shape index (κ1) is 13.4. The molecule has 0 saturated heterocycles. The first-order chi connectivity index (χ1) is 9.19. The number of hydrogen-bond acceptors (Lipinski definition) is 3. The summed E-state index contributed by atoms with van der Waals surface area (Å²) in [6.45, 7) is 0. The van der Waals surface area contributed by atoms with E-state index in [0.29, 0.717) is 22.1 Å². The molecular formula is C15H13ClO3. The van der Waals surface area contributed by atoms with E-state index in [9.17, 15) is 4.79 Å². The molecule has 2 aromatic rings. The lowest BCUT2D eigenvalue weighted by atomic mass is 10.0. The van der Waals surface area contributed by atoms with Crippen LogP contribution >= 0.6 is 11.6 Å². The highest BCUT2D eigenvalue weighted by molar-refractivity contribution is 6.33. The zero-order valence-electron chi connectivity index (χ0n) is 10.6. The van der Waals surface area contributed by atoms with E-state index in [4.69, 9.17) is 21.1 Å². The summed E-state index contributed by atoms with van der Waals surface area (Å²) in [7, 11) is 3.16. The Morgan fingerprint density at radius 2 is 1.74 bits per heavy atom. The largest absolute Gasteiger partial charge is 0.493 e. The second kappa shape index (κ2) is 5.76. The van der Waals surface area contributed by atoms with Gasteiger partial charge in [0.25, 0.3) is 0 Å². The Balaban J connectivity index is 2.55. The van der Waals surface area contributed by atoms with Gasteiger partial charge in [0.2, 0.25) is 0 Å². The van der Waals surface area contributed by atoms with Crippen LogP contribution in [0.4, 0.5) is 0 Å². The molecule has 0 aliphatic carbocycles. The summed E-state index contributed by atoms with van der Waals surface area (Å²) in [5.74, 6) is 1.27. The van der Waals surface area contributed by atoms with Gasteiger partial charge in [-0.15, -0.1) is 0 Å². The van der Waals surface area contributed by atoms with Gasteiger partial charge >= 0.3 is 0 Å². The lowest BCUT2D eigenvalue weighted by molar-refractivity contribution is 0.112. The third kappa shape index (κ3) is 2.71. The van der Waals surface area contributed by atoms with Crippen LogP contribution in [-0.4, -0.2) is 20.5 Å². The van der Waals surface area contributed by atoms with Gasteiger partial charge < -0.3 is 9.47 Å². The molecule has 0 bridgehead atoms. The number of aldehydes is 1. The van der Waals surface area contributed by atoms with Crippen molar-refractivity contribution in [2.24, 2.45) is 0 Å². The van der Waals surface area contributed by atoms with Crippen molar-refractivity contribution in [2.75, 3.05) is 14.2 Å². The molecule has 98 valence electrons. The van der Waals surface area contributed by atoms with Crippen LogP contribution in [0.5, 0.6) is 11.5 Å². The van der Waals surface area contributed by atoms with Gasteiger partial charge in [0.15, 0.2) is 11.5 Å². The molecular weight excluding hydrogens is 264 g/mol. The highest BCUT2D eigenvalue weighted by Crippen LogP contribution is 2.35. The number of rotatable bonds is 4. The van der Waals surface area contributed by atoms with Crippen molar-refractivity contribution < 1.29 is 14.3 Å². The number of ether oxygens (including phenoxy) is 2. The van der Waals surface area contributed by atoms with E-state index in [1.54, 1.807) is 38.5 Å². The first-order valence-electron chi connectivity index (χ1n) is 5.66. The Hall–Kier alpha value is -2.00. The van der Waals surface area contributed by atoms with Crippen LogP contribution in [0, 0.1) is 0 Å². The van der Waals surface area contributed by atoms with E-state index in [1.807, 2.05) is 12.1 Å². The quantitative estimate of drug-likeness (QED) is 0.796. The average molecular weight is 277 g/mol. The molecule has 0 fully saturated rings. The summed E-state index contributed by atoms with van der Waals surface area (Å²) in [5.41, 5.74) is 2.23. The molecule has 0 spiro atoms. The Morgan fingerprint density at radius 1 is 1.00 bits per heavy atom. The molecule has 0 aromatic heterocycles. The van der Waals surface area contributed by atoms with Gasteiger partial charge in [-0.1, -0.05) is 23.7 Å². The van der Waals surface area contributed by atoms with Crippen LogP contribution in [-0.2, 0) is 0 Å². The smallest absolute Gasteiger partial charge is 0.161 e. The topological polar surface area (TPSA) is 35.5 Å². The normalized spacial score (nSPS) is 10.1. The zero-order chi connectivity index (χ0) is 13.8. The first-order valence-corrected chi connectivity index (χ1v) is 6.04. The van der Waals surface area contributed by atoms with E-state index in [0.717, 1.165) is 17.4 Å². The predicted molar refractivity (Wildman–Crippen MR) is 75.4 cm³/mol. The van der Waals surface area contributed by atoms with Gasteiger partial charge in [0.05, 0.1) is 14.2 Å². The lowest BCUT2D eigenvalue weighted by Crippen LogP contribution is -1.91. The van der Waals surface area contributed by atoms with Crippen molar-refractivity contribution in [3.8, 4) is 22.6 Å². The maximum atomic E-state index is 10.8. The van der Waals surface area contributed by atoms with Crippen LogP contribution in [0.25, 0.3) is 11.1 Å². The van der Waals surface area contributed by atoms with E-state index < -0.39 is 0 Å². The Bertz CT molecular complexity index is 608. The molecule has 0 radical (unpaired) electrons. The highest BCUT2D eigenvalue weighted by atomic mass is 35.5. The number of hydrogen-bond donors (Lipinski definition) is 0. The maximum Gasteiger partial charge on any atom is 0.161 e. The number of carbonyl (C=O) groups is 1. The minimum absolute atomic E-state index is 0.578. The van der Waals surface area contributed by atoms with Gasteiger partial charge in [0.1, 0.15) is 6.29 Å². The van der Waals surface area contributed by atoms with Crippen molar-refractivity contribution in [2.45, 2.75) is 0 Å². The van der Waals surface area contributed by atoms with Gasteiger partial charge in [-0.3, -0.25) is 4.79 Å². The SMILES string of the molecule is COc1ccc(-c2cc(C=O)ccc2Cl)cc1OC. The lowest BCUT2D eigenvalue weighted by Gasteiger charge is -2.11. The van der Waals surface area contributed by atoms with Crippen molar-refractivity contribution in [3.05, 3.63) is 47.0 Å². The molecule has 0 N–H and O–H groups in total. The van der Waals surface area contributed by atoms with Gasteiger partial charge in [-0.2, -0.15) is 0 Å².